The molecule has 1 saturated carbocycles. The summed E-state index contributed by atoms with van der Waals surface area (Å²) in [6.45, 7) is -0.119. The lowest BCUT2D eigenvalue weighted by molar-refractivity contribution is -0.155. The Morgan fingerprint density at radius 3 is 2.55 bits per heavy atom. The number of pyridine rings is 1. The molecule has 2 aromatic heterocycles. The fraction of sp³-hybridized carbons (Fsp3) is 0.452. The van der Waals surface area contributed by atoms with Crippen molar-refractivity contribution in [2.75, 3.05) is 20.3 Å². The molecule has 0 bridgehead atoms. The number of aromatic nitrogens is 1. The molecule has 2 unspecified atom stereocenters. The summed E-state index contributed by atoms with van der Waals surface area (Å²) in [5.41, 5.74) is 1.33. The van der Waals surface area contributed by atoms with Gasteiger partial charge < -0.3 is 23.4 Å². The smallest absolute Gasteiger partial charge is 0.387 e. The Morgan fingerprint density at radius 2 is 1.86 bits per heavy atom. The monoisotopic (exact) mass is 652 g/mol. The van der Waals surface area contributed by atoms with E-state index < -0.39 is 30.7 Å². The lowest BCUT2D eigenvalue weighted by Crippen LogP contribution is -2.37. The highest BCUT2D eigenvalue weighted by atomic mass is 35.5. The summed E-state index contributed by atoms with van der Waals surface area (Å²) < 4.78 is 53.6. The van der Waals surface area contributed by atoms with Crippen molar-refractivity contribution in [3.05, 3.63) is 74.9 Å². The summed E-state index contributed by atoms with van der Waals surface area (Å²) in [4.78, 5) is 31.7. The second-order valence-corrected chi connectivity index (χ2v) is 11.7. The minimum absolute atomic E-state index is 0.0929. The zero-order valence-electron chi connectivity index (χ0n) is 24.2. The molecule has 5 rings (SSSR count). The van der Waals surface area contributed by atoms with Gasteiger partial charge in [0.05, 0.1) is 30.3 Å². The van der Waals surface area contributed by atoms with Crippen LogP contribution in [0.5, 0.6) is 11.5 Å². The Morgan fingerprint density at radius 1 is 1.11 bits per heavy atom. The summed E-state index contributed by atoms with van der Waals surface area (Å²) in [6, 6.07) is 5.49. The Kier molecular flexibility index (Phi) is 10.3. The highest BCUT2D eigenvalue weighted by Gasteiger charge is 2.35. The van der Waals surface area contributed by atoms with Crippen LogP contribution in [0.4, 0.5) is 8.78 Å². The molecule has 1 aliphatic heterocycles. The first-order chi connectivity index (χ1) is 21.1. The lowest BCUT2D eigenvalue weighted by Gasteiger charge is -2.26. The van der Waals surface area contributed by atoms with Crippen molar-refractivity contribution in [3.63, 3.8) is 0 Å². The van der Waals surface area contributed by atoms with E-state index in [0.717, 1.165) is 19.3 Å². The van der Waals surface area contributed by atoms with E-state index in [9.17, 15) is 18.4 Å². The van der Waals surface area contributed by atoms with Crippen molar-refractivity contribution >= 4 is 35.1 Å². The highest BCUT2D eigenvalue weighted by molar-refractivity contribution is 6.35. The number of ether oxygens (including phenoxy) is 4. The van der Waals surface area contributed by atoms with Gasteiger partial charge in [-0.1, -0.05) is 29.3 Å². The number of hydrogen-bond acceptors (Lipinski definition) is 9. The van der Waals surface area contributed by atoms with Crippen LogP contribution in [0.25, 0.3) is 0 Å². The van der Waals surface area contributed by atoms with E-state index in [1.54, 1.807) is 25.1 Å². The zero-order valence-corrected chi connectivity index (χ0v) is 25.7. The van der Waals surface area contributed by atoms with Crippen molar-refractivity contribution < 1.29 is 41.7 Å². The van der Waals surface area contributed by atoms with E-state index >= 15 is 0 Å². The van der Waals surface area contributed by atoms with E-state index in [-0.39, 0.29) is 24.5 Å². The van der Waals surface area contributed by atoms with Crippen molar-refractivity contribution in [3.8, 4) is 11.5 Å². The SMILES string of the molecule is COC(=O)c1cc(CN2CCCC2C(=O)OC(Cc2c(Cl)cncc2Cl)c2ccc(OC(F)F)c(OCC3CC3)c2)oc1C. The molecule has 2 fully saturated rings. The summed E-state index contributed by atoms with van der Waals surface area (Å²) in [7, 11) is 1.30. The normalized spacial score (nSPS) is 17.5. The lowest BCUT2D eigenvalue weighted by atomic mass is 10.0. The second-order valence-electron chi connectivity index (χ2n) is 10.9. The number of alkyl halides is 2. The zero-order chi connectivity index (χ0) is 31.4. The number of rotatable bonds is 13. The van der Waals surface area contributed by atoms with E-state index in [1.807, 2.05) is 4.90 Å². The Hall–Kier alpha value is -3.41. The van der Waals surface area contributed by atoms with Gasteiger partial charge >= 0.3 is 18.6 Å². The van der Waals surface area contributed by atoms with Crippen molar-refractivity contribution in [2.45, 2.75) is 64.3 Å². The average Bonchev–Trinajstić information content (AvgIpc) is 3.58. The summed E-state index contributed by atoms with van der Waals surface area (Å²) in [6.07, 6.45) is 5.37. The number of halogens is 4. The fourth-order valence-electron chi connectivity index (χ4n) is 5.20. The fourth-order valence-corrected chi connectivity index (χ4v) is 5.72. The molecule has 0 amide bonds. The molecule has 3 aromatic rings. The molecule has 0 N–H and O–H groups in total. The number of nitrogens with zero attached hydrogens (tertiary/aromatic N) is 2. The molecule has 1 saturated heterocycles. The molecule has 9 nitrogen and oxygen atoms in total. The number of methoxy groups -OCH3 is 1. The van der Waals surface area contributed by atoms with Crippen LogP contribution < -0.4 is 9.47 Å². The molecule has 2 atom stereocenters. The topological polar surface area (TPSA) is 100 Å². The Bertz CT molecular complexity index is 1480. The second kappa shape index (κ2) is 14.1. The number of carbonyl (C=O) groups excluding carboxylic acids is 2. The van der Waals surface area contributed by atoms with Crippen molar-refractivity contribution in [2.24, 2.45) is 5.92 Å². The first-order valence-corrected chi connectivity index (χ1v) is 15.0. The molecule has 44 heavy (non-hydrogen) atoms. The maximum Gasteiger partial charge on any atom is 0.387 e. The molecular weight excluding hydrogens is 621 g/mol. The van der Waals surface area contributed by atoms with E-state index in [2.05, 4.69) is 4.98 Å². The number of carbonyl (C=O) groups is 2. The van der Waals surface area contributed by atoms with E-state index in [0.29, 0.717) is 63.7 Å². The van der Waals surface area contributed by atoms with Gasteiger partial charge in [-0.15, -0.1) is 0 Å². The maximum atomic E-state index is 13.7. The number of esters is 2. The first-order valence-electron chi connectivity index (χ1n) is 14.2. The van der Waals surface area contributed by atoms with Gasteiger partial charge in [0, 0.05) is 18.8 Å². The van der Waals surface area contributed by atoms with Gasteiger partial charge in [0.15, 0.2) is 11.5 Å². The van der Waals surface area contributed by atoms with Gasteiger partial charge in [0.1, 0.15) is 29.2 Å². The maximum absolute atomic E-state index is 13.7. The third-order valence-electron chi connectivity index (χ3n) is 7.70. The van der Waals surface area contributed by atoms with Crippen LogP contribution in [-0.2, 0) is 27.2 Å². The van der Waals surface area contributed by atoms with Gasteiger partial charge in [-0.3, -0.25) is 14.7 Å². The van der Waals surface area contributed by atoms with Crippen molar-refractivity contribution in [1.29, 1.82) is 0 Å². The molecule has 3 heterocycles. The number of aryl methyl sites for hydroxylation is 1. The molecule has 0 spiro atoms. The average molecular weight is 654 g/mol. The van der Waals surface area contributed by atoms with Crippen molar-refractivity contribution in [1.82, 2.24) is 9.88 Å². The van der Waals surface area contributed by atoms with Crippen LogP contribution in [0.1, 0.15) is 64.8 Å². The van der Waals surface area contributed by atoms with Gasteiger partial charge in [0.2, 0.25) is 0 Å². The number of benzene rings is 1. The third kappa shape index (κ3) is 7.80. The minimum Gasteiger partial charge on any atom is -0.489 e. The summed E-state index contributed by atoms with van der Waals surface area (Å²) >= 11 is 12.8. The molecule has 2 aliphatic rings. The third-order valence-corrected chi connectivity index (χ3v) is 8.35. The van der Waals surface area contributed by atoms with Crippen LogP contribution in [0.2, 0.25) is 10.0 Å². The van der Waals surface area contributed by atoms with Crippen LogP contribution in [0, 0.1) is 12.8 Å². The van der Waals surface area contributed by atoms with Gasteiger partial charge in [-0.25, -0.2) is 4.79 Å². The molecule has 1 aromatic carbocycles. The number of furan rings is 1. The number of hydrogen-bond donors (Lipinski definition) is 0. The number of likely N-dealkylation sites (tertiary alicyclic amines) is 1. The minimum atomic E-state index is -3.04. The molecule has 13 heteroatoms. The Balaban J connectivity index is 1.40. The van der Waals surface area contributed by atoms with E-state index in [1.165, 1.54) is 25.6 Å². The van der Waals surface area contributed by atoms with Gasteiger partial charge in [-0.2, -0.15) is 8.78 Å². The molecular formula is C31H32Cl2F2N2O7. The molecule has 1 aliphatic carbocycles. The molecule has 236 valence electrons. The standard InChI is InChI=1S/C31H32Cl2F2N2O7/c1-17-21(29(38)40-2)11-20(42-17)15-37-9-3-4-25(37)30(39)43-27(12-22-23(32)13-36-14-24(22)33)19-7-8-26(44-31(34)35)28(10-19)41-16-18-5-6-18/h7-8,10-11,13-14,18,25,27,31H,3-6,9,12,15-16H2,1-2H3. The molecule has 0 radical (unpaired) electrons. The van der Waals surface area contributed by atoms with Crippen LogP contribution in [0.15, 0.2) is 41.1 Å². The van der Waals surface area contributed by atoms with E-state index in [4.69, 9.17) is 46.6 Å². The first kappa shape index (κ1) is 32.0. The highest BCUT2D eigenvalue weighted by Crippen LogP contribution is 2.38. The predicted octanol–water partition coefficient (Wildman–Crippen LogP) is 6.96. The summed E-state index contributed by atoms with van der Waals surface area (Å²) in [5.74, 6) is 0.319. The Labute approximate surface area is 263 Å². The van der Waals surface area contributed by atoms with Crippen LogP contribution in [-0.4, -0.2) is 54.7 Å². The largest absolute Gasteiger partial charge is 0.489 e. The van der Waals surface area contributed by atoms with Crippen LogP contribution in [0.3, 0.4) is 0 Å². The predicted molar refractivity (Wildman–Crippen MR) is 156 cm³/mol. The van der Waals surface area contributed by atoms with Crippen LogP contribution >= 0.6 is 23.2 Å². The van der Waals surface area contributed by atoms with Gasteiger partial charge in [0.25, 0.3) is 0 Å². The van der Waals surface area contributed by atoms with Gasteiger partial charge in [-0.05, 0) is 74.4 Å². The summed E-state index contributed by atoms with van der Waals surface area (Å²) in [5, 5.41) is 0.581. The quantitative estimate of drug-likeness (QED) is 0.181.